The van der Waals surface area contributed by atoms with Crippen molar-refractivity contribution in [3.8, 4) is 0 Å². The van der Waals surface area contributed by atoms with Crippen LogP contribution in [0.5, 0.6) is 0 Å². The minimum atomic E-state index is 0.538. The number of carbonyl (C=O) groups excluding carboxylic acids is 1. The Bertz CT molecular complexity index is 529. The molecule has 0 aliphatic carbocycles. The second-order valence-electron chi connectivity index (χ2n) is 4.23. The van der Waals surface area contributed by atoms with Crippen LogP contribution in [0.1, 0.15) is 33.1 Å². The monoisotopic (exact) mass is 228 g/mol. The second kappa shape index (κ2) is 4.95. The first-order valence-corrected chi connectivity index (χ1v) is 5.76. The highest BCUT2D eigenvalue weighted by Crippen LogP contribution is 2.12. The molecule has 17 heavy (non-hydrogen) atoms. The normalized spacial score (nSPS) is 10.5. The van der Waals surface area contributed by atoms with Gasteiger partial charge in [-0.25, -0.2) is 4.98 Å². The number of aromatic amines is 1. The van der Waals surface area contributed by atoms with Gasteiger partial charge in [0, 0.05) is 5.69 Å². The van der Waals surface area contributed by atoms with Gasteiger partial charge in [0.25, 0.3) is 0 Å². The molecule has 88 valence electrons. The molecule has 0 unspecified atom stereocenters. The first-order chi connectivity index (χ1) is 8.20. The number of nitrogens with zero attached hydrogens (tertiary/aromatic N) is 1. The van der Waals surface area contributed by atoms with Crippen molar-refractivity contribution in [1.82, 2.24) is 9.97 Å². The molecular weight excluding hydrogens is 212 g/mol. The standard InChI is InChI=1S/C14H16N2O/c1-10-5-3-4-6-12(10)7-8-13-14(9-17)16-11(2)15-13/h3-6,9H,7-8H2,1-2H3,(H,15,16). The van der Waals surface area contributed by atoms with Crippen LogP contribution in [-0.2, 0) is 12.8 Å². The van der Waals surface area contributed by atoms with Crippen LogP contribution >= 0.6 is 0 Å². The number of rotatable bonds is 4. The summed E-state index contributed by atoms with van der Waals surface area (Å²) < 4.78 is 0. The minimum Gasteiger partial charge on any atom is -0.345 e. The Morgan fingerprint density at radius 1 is 1.24 bits per heavy atom. The molecule has 3 nitrogen and oxygen atoms in total. The minimum absolute atomic E-state index is 0.538. The van der Waals surface area contributed by atoms with Gasteiger partial charge in [-0.05, 0) is 37.8 Å². The van der Waals surface area contributed by atoms with Gasteiger partial charge in [0.15, 0.2) is 6.29 Å². The van der Waals surface area contributed by atoms with Crippen molar-refractivity contribution in [2.24, 2.45) is 0 Å². The fourth-order valence-corrected chi connectivity index (χ4v) is 2.00. The highest BCUT2D eigenvalue weighted by atomic mass is 16.1. The van der Waals surface area contributed by atoms with Crippen LogP contribution in [0, 0.1) is 13.8 Å². The van der Waals surface area contributed by atoms with Gasteiger partial charge in [0.1, 0.15) is 11.5 Å². The predicted octanol–water partition coefficient (Wildman–Crippen LogP) is 2.62. The van der Waals surface area contributed by atoms with E-state index < -0.39 is 0 Å². The first-order valence-electron chi connectivity index (χ1n) is 5.76. The van der Waals surface area contributed by atoms with Crippen molar-refractivity contribution in [3.63, 3.8) is 0 Å². The summed E-state index contributed by atoms with van der Waals surface area (Å²) in [6.07, 6.45) is 2.56. The molecule has 1 aromatic heterocycles. The summed E-state index contributed by atoms with van der Waals surface area (Å²) in [7, 11) is 0. The molecule has 0 saturated carbocycles. The molecule has 1 heterocycles. The third-order valence-electron chi connectivity index (χ3n) is 2.95. The lowest BCUT2D eigenvalue weighted by molar-refractivity contribution is 0.111. The quantitative estimate of drug-likeness (QED) is 0.818. The number of benzene rings is 1. The lowest BCUT2D eigenvalue weighted by atomic mass is 10.0. The molecule has 0 spiro atoms. The van der Waals surface area contributed by atoms with Crippen molar-refractivity contribution in [1.29, 1.82) is 0 Å². The highest BCUT2D eigenvalue weighted by Gasteiger charge is 2.07. The smallest absolute Gasteiger partial charge is 0.170 e. The highest BCUT2D eigenvalue weighted by molar-refractivity contribution is 5.73. The maximum atomic E-state index is 10.8. The Labute approximate surface area is 101 Å². The van der Waals surface area contributed by atoms with Gasteiger partial charge >= 0.3 is 0 Å². The van der Waals surface area contributed by atoms with Gasteiger partial charge in [-0.1, -0.05) is 24.3 Å². The number of H-pyrrole nitrogens is 1. The van der Waals surface area contributed by atoms with Crippen LogP contribution in [-0.4, -0.2) is 16.3 Å². The van der Waals surface area contributed by atoms with Crippen molar-refractivity contribution in [3.05, 3.63) is 52.6 Å². The molecule has 0 fully saturated rings. The molecule has 0 aliphatic rings. The number of aldehydes is 1. The summed E-state index contributed by atoms with van der Waals surface area (Å²) in [5, 5.41) is 0. The Morgan fingerprint density at radius 3 is 2.71 bits per heavy atom. The lowest BCUT2D eigenvalue weighted by Gasteiger charge is -2.04. The molecule has 2 rings (SSSR count). The van der Waals surface area contributed by atoms with E-state index in [9.17, 15) is 4.79 Å². The average Bonchev–Trinajstić information content (AvgIpc) is 2.69. The number of aryl methyl sites for hydroxylation is 4. The summed E-state index contributed by atoms with van der Waals surface area (Å²) in [5.41, 5.74) is 4.07. The summed E-state index contributed by atoms with van der Waals surface area (Å²) >= 11 is 0. The zero-order valence-corrected chi connectivity index (χ0v) is 10.2. The van der Waals surface area contributed by atoms with E-state index in [2.05, 4.69) is 29.0 Å². The Balaban J connectivity index is 2.12. The SMILES string of the molecule is Cc1nc(C=O)c(CCc2ccccc2C)[nH]1. The second-order valence-corrected chi connectivity index (χ2v) is 4.23. The van der Waals surface area contributed by atoms with E-state index in [0.717, 1.165) is 30.6 Å². The number of aromatic nitrogens is 2. The molecule has 0 atom stereocenters. The van der Waals surface area contributed by atoms with Crippen LogP contribution in [0.25, 0.3) is 0 Å². The number of imidazole rings is 1. The lowest BCUT2D eigenvalue weighted by Crippen LogP contribution is -1.97. The number of hydrogen-bond acceptors (Lipinski definition) is 2. The van der Waals surface area contributed by atoms with E-state index in [1.165, 1.54) is 11.1 Å². The molecule has 3 heteroatoms. The molecule has 0 saturated heterocycles. The van der Waals surface area contributed by atoms with E-state index in [0.29, 0.717) is 5.69 Å². The zero-order valence-electron chi connectivity index (χ0n) is 10.2. The molecule has 0 bridgehead atoms. The summed E-state index contributed by atoms with van der Waals surface area (Å²) in [5.74, 6) is 0.798. The van der Waals surface area contributed by atoms with E-state index >= 15 is 0 Å². The fourth-order valence-electron chi connectivity index (χ4n) is 2.00. The van der Waals surface area contributed by atoms with E-state index in [1.807, 2.05) is 19.1 Å². The zero-order chi connectivity index (χ0) is 12.3. The first kappa shape index (κ1) is 11.6. The fraction of sp³-hybridized carbons (Fsp3) is 0.286. The Kier molecular flexibility index (Phi) is 3.38. The molecule has 2 aromatic rings. The Hall–Kier alpha value is -1.90. The van der Waals surface area contributed by atoms with Crippen LogP contribution in [0.2, 0.25) is 0 Å². The van der Waals surface area contributed by atoms with Gasteiger partial charge in [-0.2, -0.15) is 0 Å². The van der Waals surface area contributed by atoms with Crippen molar-refractivity contribution in [2.45, 2.75) is 26.7 Å². The molecule has 0 amide bonds. The van der Waals surface area contributed by atoms with Crippen molar-refractivity contribution in [2.75, 3.05) is 0 Å². The number of nitrogens with one attached hydrogen (secondary N) is 1. The number of carbonyl (C=O) groups is 1. The van der Waals surface area contributed by atoms with Gasteiger partial charge in [0.05, 0.1) is 0 Å². The van der Waals surface area contributed by atoms with Crippen molar-refractivity contribution < 1.29 is 4.79 Å². The molecule has 1 aromatic carbocycles. The summed E-state index contributed by atoms with van der Waals surface area (Å²) in [6.45, 7) is 3.97. The van der Waals surface area contributed by atoms with E-state index in [-0.39, 0.29) is 0 Å². The average molecular weight is 228 g/mol. The molecule has 1 N–H and O–H groups in total. The molecular formula is C14H16N2O. The van der Waals surface area contributed by atoms with Crippen molar-refractivity contribution >= 4 is 6.29 Å². The van der Waals surface area contributed by atoms with Gasteiger partial charge in [0.2, 0.25) is 0 Å². The summed E-state index contributed by atoms with van der Waals surface area (Å²) in [4.78, 5) is 18.1. The third-order valence-corrected chi connectivity index (χ3v) is 2.95. The van der Waals surface area contributed by atoms with Crippen LogP contribution in [0.4, 0.5) is 0 Å². The van der Waals surface area contributed by atoms with Gasteiger partial charge in [-0.15, -0.1) is 0 Å². The molecule has 0 radical (unpaired) electrons. The van der Waals surface area contributed by atoms with Gasteiger partial charge in [-0.3, -0.25) is 4.79 Å². The van der Waals surface area contributed by atoms with E-state index in [4.69, 9.17) is 0 Å². The third kappa shape index (κ3) is 2.61. The largest absolute Gasteiger partial charge is 0.345 e. The Morgan fingerprint density at radius 2 is 2.00 bits per heavy atom. The van der Waals surface area contributed by atoms with E-state index in [1.54, 1.807) is 0 Å². The maximum absolute atomic E-state index is 10.8. The maximum Gasteiger partial charge on any atom is 0.170 e. The van der Waals surface area contributed by atoms with Crippen LogP contribution in [0.15, 0.2) is 24.3 Å². The molecule has 0 aliphatic heterocycles. The number of hydrogen-bond donors (Lipinski definition) is 1. The van der Waals surface area contributed by atoms with Crippen LogP contribution in [0.3, 0.4) is 0 Å². The van der Waals surface area contributed by atoms with Crippen LogP contribution < -0.4 is 0 Å². The predicted molar refractivity (Wildman–Crippen MR) is 67.3 cm³/mol. The topological polar surface area (TPSA) is 45.8 Å². The van der Waals surface area contributed by atoms with Gasteiger partial charge < -0.3 is 4.98 Å². The summed E-state index contributed by atoms with van der Waals surface area (Å²) in [6, 6.07) is 8.31.